The van der Waals surface area contributed by atoms with Crippen LogP contribution in [-0.2, 0) is 14.8 Å². The minimum Gasteiger partial charge on any atom is -0.274 e. The quantitative estimate of drug-likeness (QED) is 0.915. The van der Waals surface area contributed by atoms with Gasteiger partial charge in [0.25, 0.3) is 10.0 Å². The number of carbonyl (C=O) groups excluding carboxylic acids is 1. The van der Waals surface area contributed by atoms with E-state index < -0.39 is 15.9 Å². The minimum atomic E-state index is -3.81. The molecule has 0 aliphatic heterocycles. The lowest BCUT2D eigenvalue weighted by Gasteiger charge is -2.04. The van der Waals surface area contributed by atoms with E-state index in [1.807, 2.05) is 30.3 Å². The molecule has 1 aromatic carbocycles. The first-order valence-electron chi connectivity index (χ1n) is 6.56. The van der Waals surface area contributed by atoms with Crippen LogP contribution >= 0.6 is 11.3 Å². The molecule has 7 heteroatoms. The number of nitrogens with zero attached hydrogens (tertiary/aromatic N) is 1. The number of aromatic nitrogens is 1. The third-order valence-electron chi connectivity index (χ3n) is 3.49. The molecule has 1 aromatic heterocycles. The molecule has 1 saturated carbocycles. The molecule has 1 fully saturated rings. The van der Waals surface area contributed by atoms with Crippen molar-refractivity contribution < 1.29 is 13.2 Å². The summed E-state index contributed by atoms with van der Waals surface area (Å²) < 4.78 is 25.8. The highest BCUT2D eigenvalue weighted by Crippen LogP contribution is 2.49. The van der Waals surface area contributed by atoms with Gasteiger partial charge < -0.3 is 0 Å². The van der Waals surface area contributed by atoms with Crippen LogP contribution < -0.4 is 4.72 Å². The van der Waals surface area contributed by atoms with Gasteiger partial charge in [-0.3, -0.25) is 4.79 Å². The van der Waals surface area contributed by atoms with Crippen molar-refractivity contribution in [1.82, 2.24) is 9.71 Å². The smallest absolute Gasteiger partial charge is 0.274 e. The number of hydrogen-bond acceptors (Lipinski definition) is 5. The maximum absolute atomic E-state index is 11.9. The van der Waals surface area contributed by atoms with Crippen molar-refractivity contribution in [2.24, 2.45) is 5.92 Å². The van der Waals surface area contributed by atoms with E-state index >= 15 is 0 Å². The molecule has 1 aliphatic carbocycles. The molecule has 0 spiro atoms. The van der Waals surface area contributed by atoms with Crippen LogP contribution in [0.15, 0.2) is 46.2 Å². The van der Waals surface area contributed by atoms with Gasteiger partial charge in [-0.15, -0.1) is 11.3 Å². The highest BCUT2D eigenvalue weighted by molar-refractivity contribution is 7.92. The number of sulfonamides is 1. The normalized spacial score (nSPS) is 21.0. The summed E-state index contributed by atoms with van der Waals surface area (Å²) >= 11 is 0.990. The fraction of sp³-hybridized carbons (Fsp3) is 0.286. The zero-order valence-electron chi connectivity index (χ0n) is 11.1. The van der Waals surface area contributed by atoms with Crippen molar-refractivity contribution in [3.8, 4) is 0 Å². The van der Waals surface area contributed by atoms with E-state index in [2.05, 4.69) is 9.71 Å². The molecule has 0 unspecified atom stereocenters. The molecule has 5 nitrogen and oxygen atoms in total. The summed E-state index contributed by atoms with van der Waals surface area (Å²) in [7, 11) is -3.81. The molecule has 2 atom stereocenters. The van der Waals surface area contributed by atoms with Crippen LogP contribution in [0.5, 0.6) is 0 Å². The molecule has 3 rings (SSSR count). The number of hydrogen-bond donors (Lipinski definition) is 1. The Morgan fingerprint density at radius 3 is 2.76 bits per heavy atom. The molecule has 0 saturated heterocycles. The van der Waals surface area contributed by atoms with Crippen molar-refractivity contribution in [3.05, 3.63) is 47.5 Å². The molecule has 1 N–H and O–H groups in total. The summed E-state index contributed by atoms with van der Waals surface area (Å²) in [5.41, 5.74) is 1.21. The van der Waals surface area contributed by atoms with Gasteiger partial charge in [0, 0.05) is 18.0 Å². The Morgan fingerprint density at radius 1 is 1.33 bits per heavy atom. The molecule has 21 heavy (non-hydrogen) atoms. The largest absolute Gasteiger partial charge is 0.291 e. The van der Waals surface area contributed by atoms with Crippen molar-refractivity contribution in [2.75, 3.05) is 0 Å². The van der Waals surface area contributed by atoms with Crippen LogP contribution in [0.1, 0.15) is 24.3 Å². The van der Waals surface area contributed by atoms with Crippen LogP contribution in [-0.4, -0.2) is 19.3 Å². The molecular weight excluding hydrogens is 308 g/mol. The average molecular weight is 322 g/mol. The molecule has 0 bridgehead atoms. The Balaban J connectivity index is 1.57. The van der Waals surface area contributed by atoms with Gasteiger partial charge in [0.05, 0.1) is 0 Å². The van der Waals surface area contributed by atoms with E-state index in [-0.39, 0.29) is 16.7 Å². The monoisotopic (exact) mass is 322 g/mol. The van der Waals surface area contributed by atoms with Gasteiger partial charge in [0.15, 0.2) is 0 Å². The fourth-order valence-corrected chi connectivity index (χ4v) is 4.23. The van der Waals surface area contributed by atoms with Gasteiger partial charge in [-0.2, -0.15) is 8.42 Å². The molecule has 1 aliphatic rings. The predicted molar refractivity (Wildman–Crippen MR) is 79.3 cm³/mol. The number of nitrogens with one attached hydrogen (secondary N) is 1. The Kier molecular flexibility index (Phi) is 3.77. The van der Waals surface area contributed by atoms with E-state index in [1.54, 1.807) is 5.38 Å². The van der Waals surface area contributed by atoms with Crippen LogP contribution in [0, 0.1) is 5.92 Å². The lowest BCUT2D eigenvalue weighted by Crippen LogP contribution is -2.30. The summed E-state index contributed by atoms with van der Waals surface area (Å²) in [6.45, 7) is 0. The van der Waals surface area contributed by atoms with Crippen molar-refractivity contribution in [2.45, 2.75) is 23.1 Å². The second-order valence-corrected chi connectivity index (χ2v) is 7.79. The summed E-state index contributed by atoms with van der Waals surface area (Å²) in [5.74, 6) is 0.118. The number of carbonyl (C=O) groups is 1. The highest BCUT2D eigenvalue weighted by atomic mass is 32.2. The standard InChI is InChI=1S/C14H14N2O3S2/c17-13(16-21(18,19)14-15-6-7-20-14)9-11-8-12(11)10-4-2-1-3-5-10/h1-7,11-12H,8-9H2,(H,16,17)/t11-,12-/m0/s1. The summed E-state index contributed by atoms with van der Waals surface area (Å²) in [4.78, 5) is 15.6. The zero-order chi connectivity index (χ0) is 14.9. The van der Waals surface area contributed by atoms with Crippen LogP contribution in [0.3, 0.4) is 0 Å². The maximum Gasteiger partial charge on any atom is 0.291 e. The van der Waals surface area contributed by atoms with E-state index in [0.29, 0.717) is 5.92 Å². The predicted octanol–water partition coefficient (Wildman–Crippen LogP) is 2.14. The second-order valence-electron chi connectivity index (χ2n) is 5.04. The van der Waals surface area contributed by atoms with Crippen LogP contribution in [0.4, 0.5) is 0 Å². The lowest BCUT2D eigenvalue weighted by molar-refractivity contribution is -0.119. The van der Waals surface area contributed by atoms with E-state index in [0.717, 1.165) is 17.8 Å². The van der Waals surface area contributed by atoms with Gasteiger partial charge in [0.1, 0.15) is 0 Å². The number of rotatable bonds is 5. The van der Waals surface area contributed by atoms with Gasteiger partial charge in [-0.05, 0) is 23.8 Å². The first-order chi connectivity index (χ1) is 10.1. The maximum atomic E-state index is 11.9. The van der Waals surface area contributed by atoms with Crippen molar-refractivity contribution in [1.29, 1.82) is 0 Å². The number of benzene rings is 1. The second kappa shape index (κ2) is 5.57. The van der Waals surface area contributed by atoms with E-state index in [9.17, 15) is 13.2 Å². The SMILES string of the molecule is O=C(C[C@@H]1C[C@H]1c1ccccc1)NS(=O)(=O)c1nccs1. The Morgan fingerprint density at radius 2 is 2.10 bits per heavy atom. The fourth-order valence-electron chi connectivity index (χ4n) is 2.40. The third-order valence-corrected chi connectivity index (χ3v) is 6.06. The number of amides is 1. The van der Waals surface area contributed by atoms with Gasteiger partial charge in [-0.25, -0.2) is 9.71 Å². The van der Waals surface area contributed by atoms with Crippen molar-refractivity contribution >= 4 is 27.3 Å². The lowest BCUT2D eigenvalue weighted by atomic mass is 10.1. The first kappa shape index (κ1) is 14.2. The number of thiazole rings is 1. The first-order valence-corrected chi connectivity index (χ1v) is 8.92. The topological polar surface area (TPSA) is 76.1 Å². The van der Waals surface area contributed by atoms with Crippen LogP contribution in [0.25, 0.3) is 0 Å². The van der Waals surface area contributed by atoms with Crippen LogP contribution in [0.2, 0.25) is 0 Å². The molecular formula is C14H14N2O3S2. The highest BCUT2D eigenvalue weighted by Gasteiger charge is 2.40. The van der Waals surface area contributed by atoms with Crippen molar-refractivity contribution in [3.63, 3.8) is 0 Å². The van der Waals surface area contributed by atoms with Gasteiger partial charge in [-0.1, -0.05) is 30.3 Å². The summed E-state index contributed by atoms with van der Waals surface area (Å²) in [6.07, 6.45) is 2.55. The molecule has 110 valence electrons. The average Bonchev–Trinajstić information content (AvgIpc) is 2.99. The molecule has 1 amide bonds. The Bertz CT molecular complexity index is 727. The Labute approximate surface area is 127 Å². The van der Waals surface area contributed by atoms with Gasteiger partial charge >= 0.3 is 0 Å². The molecule has 2 aromatic rings. The van der Waals surface area contributed by atoms with E-state index in [1.165, 1.54) is 11.8 Å². The zero-order valence-corrected chi connectivity index (χ0v) is 12.7. The third kappa shape index (κ3) is 3.30. The Hall–Kier alpha value is -1.73. The molecule has 0 radical (unpaired) electrons. The summed E-state index contributed by atoms with van der Waals surface area (Å²) in [5, 5.41) is 1.56. The van der Waals surface area contributed by atoms with Gasteiger partial charge in [0.2, 0.25) is 10.2 Å². The minimum absolute atomic E-state index is 0.0775. The summed E-state index contributed by atoms with van der Waals surface area (Å²) in [6, 6.07) is 9.97. The molecule has 1 heterocycles. The van der Waals surface area contributed by atoms with E-state index in [4.69, 9.17) is 0 Å².